The maximum Gasteiger partial charge on any atom is 0.124 e. The maximum absolute atomic E-state index is 4.98. The van der Waals surface area contributed by atoms with E-state index in [0.717, 1.165) is 36.5 Å². The SMILES string of the molecule is CC(C)n1c(CN2CCc3[nH]cnc3[C@@H]2c2ccncc2)nc2ccccc21. The summed E-state index contributed by atoms with van der Waals surface area (Å²) in [6.07, 6.45) is 6.50. The van der Waals surface area contributed by atoms with Crippen molar-refractivity contribution in [2.24, 2.45) is 0 Å². The van der Waals surface area contributed by atoms with Gasteiger partial charge in [-0.25, -0.2) is 9.97 Å². The molecule has 0 fully saturated rings. The lowest BCUT2D eigenvalue weighted by atomic mass is 9.96. The zero-order chi connectivity index (χ0) is 19.1. The molecule has 28 heavy (non-hydrogen) atoms. The lowest BCUT2D eigenvalue weighted by molar-refractivity contribution is 0.192. The number of hydrogen-bond acceptors (Lipinski definition) is 4. The maximum atomic E-state index is 4.98. The molecule has 0 bridgehead atoms. The van der Waals surface area contributed by atoms with E-state index in [2.05, 4.69) is 74.7 Å². The van der Waals surface area contributed by atoms with E-state index < -0.39 is 0 Å². The molecule has 5 rings (SSSR count). The van der Waals surface area contributed by atoms with Gasteiger partial charge in [0.15, 0.2) is 0 Å². The van der Waals surface area contributed by atoms with E-state index in [1.807, 2.05) is 18.7 Å². The molecule has 1 aromatic carbocycles. The monoisotopic (exact) mass is 372 g/mol. The van der Waals surface area contributed by atoms with Gasteiger partial charge in [-0.3, -0.25) is 9.88 Å². The molecule has 1 aliphatic rings. The van der Waals surface area contributed by atoms with Crippen LogP contribution in [0, 0.1) is 0 Å². The molecule has 6 nitrogen and oxygen atoms in total. The van der Waals surface area contributed by atoms with Crippen molar-refractivity contribution in [3.05, 3.63) is 77.9 Å². The van der Waals surface area contributed by atoms with Gasteiger partial charge in [0.05, 0.1) is 35.6 Å². The number of nitrogens with zero attached hydrogens (tertiary/aromatic N) is 5. The Hall–Kier alpha value is -2.99. The van der Waals surface area contributed by atoms with Crippen molar-refractivity contribution in [3.63, 3.8) is 0 Å². The molecule has 4 heterocycles. The number of pyridine rings is 1. The second kappa shape index (κ2) is 6.87. The number of rotatable bonds is 4. The number of nitrogens with one attached hydrogen (secondary N) is 1. The minimum Gasteiger partial charge on any atom is -0.348 e. The predicted octanol–water partition coefficient (Wildman–Crippen LogP) is 3.88. The fourth-order valence-electron chi connectivity index (χ4n) is 4.37. The van der Waals surface area contributed by atoms with Gasteiger partial charge in [0.2, 0.25) is 0 Å². The highest BCUT2D eigenvalue weighted by Gasteiger charge is 2.32. The van der Waals surface area contributed by atoms with Crippen molar-refractivity contribution < 1.29 is 0 Å². The van der Waals surface area contributed by atoms with Gasteiger partial charge in [-0.1, -0.05) is 12.1 Å². The molecule has 0 radical (unpaired) electrons. The van der Waals surface area contributed by atoms with Gasteiger partial charge in [-0.2, -0.15) is 0 Å². The average molecular weight is 372 g/mol. The van der Waals surface area contributed by atoms with Crippen molar-refractivity contribution in [1.82, 2.24) is 29.4 Å². The number of benzene rings is 1. The summed E-state index contributed by atoms with van der Waals surface area (Å²) in [5.41, 5.74) is 5.82. The van der Waals surface area contributed by atoms with Crippen molar-refractivity contribution >= 4 is 11.0 Å². The molecule has 0 aliphatic carbocycles. The van der Waals surface area contributed by atoms with Crippen LogP contribution in [0.25, 0.3) is 11.0 Å². The fraction of sp³-hybridized carbons (Fsp3) is 0.318. The van der Waals surface area contributed by atoms with Crippen molar-refractivity contribution in [2.75, 3.05) is 6.54 Å². The van der Waals surface area contributed by atoms with E-state index in [9.17, 15) is 0 Å². The Morgan fingerprint density at radius 1 is 1.14 bits per heavy atom. The summed E-state index contributed by atoms with van der Waals surface area (Å²) in [6, 6.07) is 13.0. The number of aromatic amines is 1. The van der Waals surface area contributed by atoms with Crippen LogP contribution in [0.3, 0.4) is 0 Å². The molecular formula is C22H24N6. The summed E-state index contributed by atoms with van der Waals surface area (Å²) < 4.78 is 2.36. The molecule has 4 aromatic rings. The van der Waals surface area contributed by atoms with Crippen molar-refractivity contribution in [1.29, 1.82) is 0 Å². The van der Waals surface area contributed by atoms with Crippen LogP contribution in [-0.2, 0) is 13.0 Å². The lowest BCUT2D eigenvalue weighted by Crippen LogP contribution is -2.36. The standard InChI is InChI=1S/C22H24N6/c1-15(2)28-19-6-4-3-5-17(19)26-20(28)13-27-12-9-18-21(25-14-24-18)22(27)16-7-10-23-11-8-16/h3-8,10-11,14-15,22H,9,12-13H2,1-2H3,(H,24,25)/t22-/m0/s1. The van der Waals surface area contributed by atoms with Crippen LogP contribution >= 0.6 is 0 Å². The molecule has 1 aliphatic heterocycles. The summed E-state index contributed by atoms with van der Waals surface area (Å²) in [7, 11) is 0. The summed E-state index contributed by atoms with van der Waals surface area (Å²) in [6.45, 7) is 6.19. The number of aromatic nitrogens is 5. The van der Waals surface area contributed by atoms with Crippen LogP contribution in [0.4, 0.5) is 0 Å². The van der Waals surface area contributed by atoms with Crippen LogP contribution < -0.4 is 0 Å². The van der Waals surface area contributed by atoms with E-state index in [4.69, 9.17) is 4.98 Å². The van der Waals surface area contributed by atoms with Crippen LogP contribution in [-0.4, -0.2) is 35.9 Å². The van der Waals surface area contributed by atoms with Crippen LogP contribution in [0.5, 0.6) is 0 Å². The first-order valence-corrected chi connectivity index (χ1v) is 9.84. The van der Waals surface area contributed by atoms with E-state index in [1.165, 1.54) is 16.8 Å². The predicted molar refractivity (Wildman–Crippen MR) is 109 cm³/mol. The first-order chi connectivity index (χ1) is 13.7. The summed E-state index contributed by atoms with van der Waals surface area (Å²) in [5.74, 6) is 1.11. The van der Waals surface area contributed by atoms with Crippen LogP contribution in [0.1, 0.15) is 48.7 Å². The lowest BCUT2D eigenvalue weighted by Gasteiger charge is -2.35. The van der Waals surface area contributed by atoms with Crippen LogP contribution in [0.2, 0.25) is 0 Å². The summed E-state index contributed by atoms with van der Waals surface area (Å²) in [5, 5.41) is 0. The van der Waals surface area contributed by atoms with Gasteiger partial charge < -0.3 is 9.55 Å². The van der Waals surface area contributed by atoms with Crippen molar-refractivity contribution in [2.45, 2.75) is 38.9 Å². The Labute approximate surface area is 164 Å². The van der Waals surface area contributed by atoms with Crippen LogP contribution in [0.15, 0.2) is 55.1 Å². The molecule has 0 amide bonds. The fourth-order valence-corrected chi connectivity index (χ4v) is 4.37. The molecule has 1 atom stereocenters. The quantitative estimate of drug-likeness (QED) is 0.590. The molecule has 0 unspecified atom stereocenters. The first kappa shape index (κ1) is 17.1. The normalized spacial score (nSPS) is 17.3. The zero-order valence-electron chi connectivity index (χ0n) is 16.2. The molecule has 0 saturated heterocycles. The number of fused-ring (bicyclic) bond motifs is 2. The van der Waals surface area contributed by atoms with E-state index in [0.29, 0.717) is 6.04 Å². The highest BCUT2D eigenvalue weighted by atomic mass is 15.2. The molecule has 1 N–H and O–H groups in total. The second-order valence-electron chi connectivity index (χ2n) is 7.65. The number of imidazole rings is 2. The third kappa shape index (κ3) is 2.81. The molecule has 3 aromatic heterocycles. The third-order valence-corrected chi connectivity index (χ3v) is 5.58. The Kier molecular flexibility index (Phi) is 4.20. The Morgan fingerprint density at radius 3 is 2.79 bits per heavy atom. The minimum atomic E-state index is 0.110. The molecule has 6 heteroatoms. The highest BCUT2D eigenvalue weighted by molar-refractivity contribution is 5.76. The third-order valence-electron chi connectivity index (χ3n) is 5.58. The van der Waals surface area contributed by atoms with Gasteiger partial charge in [0, 0.05) is 37.1 Å². The molecule has 0 saturated carbocycles. The largest absolute Gasteiger partial charge is 0.348 e. The average Bonchev–Trinajstić information content (AvgIpc) is 3.32. The van der Waals surface area contributed by atoms with Gasteiger partial charge >= 0.3 is 0 Å². The summed E-state index contributed by atoms with van der Waals surface area (Å²) in [4.78, 5) is 19.6. The van der Waals surface area contributed by atoms with E-state index >= 15 is 0 Å². The molecular weight excluding hydrogens is 348 g/mol. The topological polar surface area (TPSA) is 62.6 Å². The first-order valence-electron chi connectivity index (χ1n) is 9.84. The van der Waals surface area contributed by atoms with Crippen molar-refractivity contribution in [3.8, 4) is 0 Å². The molecule has 0 spiro atoms. The minimum absolute atomic E-state index is 0.110. The Bertz CT molecular complexity index is 1090. The van der Waals surface area contributed by atoms with Gasteiger partial charge in [-0.15, -0.1) is 0 Å². The summed E-state index contributed by atoms with van der Waals surface area (Å²) >= 11 is 0. The Balaban J connectivity index is 1.58. The Morgan fingerprint density at radius 2 is 1.96 bits per heavy atom. The van der Waals surface area contributed by atoms with Gasteiger partial charge in [-0.05, 0) is 43.7 Å². The second-order valence-corrected chi connectivity index (χ2v) is 7.65. The molecule has 142 valence electrons. The highest BCUT2D eigenvalue weighted by Crippen LogP contribution is 2.34. The smallest absolute Gasteiger partial charge is 0.124 e. The van der Waals surface area contributed by atoms with E-state index in [-0.39, 0.29) is 6.04 Å². The van der Waals surface area contributed by atoms with Gasteiger partial charge in [0.1, 0.15) is 5.82 Å². The van der Waals surface area contributed by atoms with E-state index in [1.54, 1.807) is 0 Å². The number of para-hydroxylation sites is 2. The number of hydrogen-bond donors (Lipinski definition) is 1. The van der Waals surface area contributed by atoms with Gasteiger partial charge in [0.25, 0.3) is 0 Å². The number of H-pyrrole nitrogens is 1. The zero-order valence-corrected chi connectivity index (χ0v) is 16.2.